The predicted octanol–water partition coefficient (Wildman–Crippen LogP) is 4.29. The SMILES string of the molecule is CCOC(C)(CC(C)C)C(=O)Nc1ccc(OCC(C)C)c(C(=O)OC)c1. The van der Waals surface area contributed by atoms with E-state index in [4.69, 9.17) is 14.2 Å². The number of hydrogen-bond donors (Lipinski definition) is 1. The molecule has 1 aromatic rings. The van der Waals surface area contributed by atoms with E-state index in [9.17, 15) is 9.59 Å². The molecule has 1 rings (SSSR count). The molecule has 0 aliphatic carbocycles. The number of rotatable bonds is 10. The summed E-state index contributed by atoms with van der Waals surface area (Å²) < 4.78 is 16.3. The van der Waals surface area contributed by atoms with Crippen LogP contribution in [0.2, 0.25) is 0 Å². The molecule has 0 spiro atoms. The Balaban J connectivity index is 3.08. The molecule has 0 aromatic heterocycles. The summed E-state index contributed by atoms with van der Waals surface area (Å²) in [6.07, 6.45) is 0.589. The summed E-state index contributed by atoms with van der Waals surface area (Å²) >= 11 is 0. The van der Waals surface area contributed by atoms with Crippen LogP contribution in [-0.2, 0) is 14.3 Å². The second kappa shape index (κ2) is 10.3. The summed E-state index contributed by atoms with van der Waals surface area (Å²) in [6.45, 7) is 12.7. The zero-order valence-electron chi connectivity index (χ0n) is 17.5. The first kappa shape index (κ1) is 23.0. The van der Waals surface area contributed by atoms with Crippen LogP contribution >= 0.6 is 0 Å². The van der Waals surface area contributed by atoms with Crippen molar-refractivity contribution in [1.82, 2.24) is 0 Å². The van der Waals surface area contributed by atoms with Gasteiger partial charge in [0, 0.05) is 12.3 Å². The fraction of sp³-hybridized carbons (Fsp3) is 0.619. The van der Waals surface area contributed by atoms with Crippen molar-refractivity contribution in [3.63, 3.8) is 0 Å². The molecular formula is C21H33NO5. The molecular weight excluding hydrogens is 346 g/mol. The molecule has 0 aliphatic heterocycles. The van der Waals surface area contributed by atoms with E-state index < -0.39 is 11.6 Å². The number of nitrogens with one attached hydrogen (secondary N) is 1. The summed E-state index contributed by atoms with van der Waals surface area (Å²) in [5, 5.41) is 2.86. The lowest BCUT2D eigenvalue weighted by Crippen LogP contribution is -2.44. The number of carbonyl (C=O) groups excluding carboxylic acids is 2. The highest BCUT2D eigenvalue weighted by Gasteiger charge is 2.34. The first-order valence-corrected chi connectivity index (χ1v) is 9.43. The molecule has 0 heterocycles. The van der Waals surface area contributed by atoms with Gasteiger partial charge in [-0.05, 0) is 50.3 Å². The zero-order chi connectivity index (χ0) is 20.6. The Morgan fingerprint density at radius 3 is 2.33 bits per heavy atom. The van der Waals surface area contributed by atoms with Crippen molar-refractivity contribution in [2.45, 2.75) is 53.6 Å². The zero-order valence-corrected chi connectivity index (χ0v) is 17.5. The summed E-state index contributed by atoms with van der Waals surface area (Å²) in [4.78, 5) is 24.9. The third kappa shape index (κ3) is 6.86. The first-order valence-electron chi connectivity index (χ1n) is 9.43. The van der Waals surface area contributed by atoms with Crippen LogP contribution in [0.25, 0.3) is 0 Å². The minimum Gasteiger partial charge on any atom is -0.492 e. The number of esters is 1. The van der Waals surface area contributed by atoms with Crippen molar-refractivity contribution in [3.8, 4) is 5.75 Å². The predicted molar refractivity (Wildman–Crippen MR) is 106 cm³/mol. The van der Waals surface area contributed by atoms with Crippen molar-refractivity contribution in [2.75, 3.05) is 25.6 Å². The first-order chi connectivity index (χ1) is 12.6. The molecule has 1 atom stereocenters. The van der Waals surface area contributed by atoms with Crippen LogP contribution in [-0.4, -0.2) is 37.8 Å². The van der Waals surface area contributed by atoms with Crippen molar-refractivity contribution in [2.24, 2.45) is 11.8 Å². The summed E-state index contributed by atoms with van der Waals surface area (Å²) in [5.41, 5.74) is -0.175. The van der Waals surface area contributed by atoms with Crippen LogP contribution in [0.15, 0.2) is 18.2 Å². The molecule has 0 aliphatic rings. The van der Waals surface area contributed by atoms with Gasteiger partial charge in [0.15, 0.2) is 0 Å². The van der Waals surface area contributed by atoms with Crippen molar-refractivity contribution < 1.29 is 23.8 Å². The average Bonchev–Trinajstić information content (AvgIpc) is 2.59. The molecule has 0 saturated carbocycles. The van der Waals surface area contributed by atoms with Crippen LogP contribution in [0.4, 0.5) is 5.69 Å². The fourth-order valence-corrected chi connectivity index (χ4v) is 2.84. The number of ether oxygens (including phenoxy) is 3. The van der Waals surface area contributed by atoms with E-state index in [0.29, 0.717) is 42.9 Å². The van der Waals surface area contributed by atoms with E-state index in [0.717, 1.165) is 0 Å². The molecule has 0 saturated heterocycles. The summed E-state index contributed by atoms with van der Waals surface area (Å²) in [7, 11) is 1.31. The maximum atomic E-state index is 12.8. The molecule has 1 N–H and O–H groups in total. The number of methoxy groups -OCH3 is 1. The van der Waals surface area contributed by atoms with E-state index in [1.807, 2.05) is 34.6 Å². The molecule has 6 heteroatoms. The lowest BCUT2D eigenvalue weighted by Gasteiger charge is -2.30. The Morgan fingerprint density at radius 1 is 1.15 bits per heavy atom. The highest BCUT2D eigenvalue weighted by atomic mass is 16.5. The van der Waals surface area contributed by atoms with Crippen LogP contribution < -0.4 is 10.1 Å². The quantitative estimate of drug-likeness (QED) is 0.614. The molecule has 6 nitrogen and oxygen atoms in total. The van der Waals surface area contributed by atoms with Crippen LogP contribution in [0.5, 0.6) is 5.75 Å². The number of hydrogen-bond acceptors (Lipinski definition) is 5. The van der Waals surface area contributed by atoms with Gasteiger partial charge in [0.05, 0.1) is 13.7 Å². The van der Waals surface area contributed by atoms with E-state index >= 15 is 0 Å². The van der Waals surface area contributed by atoms with E-state index in [1.54, 1.807) is 25.1 Å². The number of anilines is 1. The van der Waals surface area contributed by atoms with Gasteiger partial charge in [-0.15, -0.1) is 0 Å². The van der Waals surface area contributed by atoms with Crippen molar-refractivity contribution in [1.29, 1.82) is 0 Å². The summed E-state index contributed by atoms with van der Waals surface area (Å²) in [5.74, 6) is 0.287. The standard InChI is InChI=1S/C21H33NO5/c1-8-27-21(6,12-14(2)3)20(24)22-16-9-10-18(26-13-15(4)5)17(11-16)19(23)25-7/h9-11,14-15H,8,12-13H2,1-7H3,(H,22,24). The van der Waals surface area contributed by atoms with Gasteiger partial charge in [0.2, 0.25) is 0 Å². The Morgan fingerprint density at radius 2 is 1.81 bits per heavy atom. The molecule has 0 bridgehead atoms. The van der Waals surface area contributed by atoms with E-state index in [-0.39, 0.29) is 11.5 Å². The third-order valence-corrected chi connectivity index (χ3v) is 3.96. The lowest BCUT2D eigenvalue weighted by molar-refractivity contribution is -0.140. The van der Waals surface area contributed by atoms with Gasteiger partial charge in [-0.3, -0.25) is 4.79 Å². The Labute approximate surface area is 162 Å². The van der Waals surface area contributed by atoms with Gasteiger partial charge in [-0.25, -0.2) is 4.79 Å². The fourth-order valence-electron chi connectivity index (χ4n) is 2.84. The smallest absolute Gasteiger partial charge is 0.341 e. The number of carbonyl (C=O) groups is 2. The Kier molecular flexibility index (Phi) is 8.76. The summed E-state index contributed by atoms with van der Waals surface area (Å²) in [6, 6.07) is 4.95. The highest BCUT2D eigenvalue weighted by Crippen LogP contribution is 2.27. The van der Waals surface area contributed by atoms with Crippen LogP contribution in [0, 0.1) is 11.8 Å². The molecule has 27 heavy (non-hydrogen) atoms. The number of benzene rings is 1. The van der Waals surface area contributed by atoms with Crippen molar-refractivity contribution >= 4 is 17.6 Å². The molecule has 1 amide bonds. The maximum absolute atomic E-state index is 12.8. The van der Waals surface area contributed by atoms with Gasteiger partial charge < -0.3 is 19.5 Å². The van der Waals surface area contributed by atoms with Crippen LogP contribution in [0.3, 0.4) is 0 Å². The lowest BCUT2D eigenvalue weighted by atomic mass is 9.93. The Bertz CT molecular complexity index is 641. The molecule has 152 valence electrons. The maximum Gasteiger partial charge on any atom is 0.341 e. The minimum atomic E-state index is -0.943. The van der Waals surface area contributed by atoms with Crippen molar-refractivity contribution in [3.05, 3.63) is 23.8 Å². The topological polar surface area (TPSA) is 73.9 Å². The average molecular weight is 379 g/mol. The molecule has 0 fully saturated rings. The largest absolute Gasteiger partial charge is 0.492 e. The number of amides is 1. The van der Waals surface area contributed by atoms with Gasteiger partial charge >= 0.3 is 5.97 Å². The molecule has 1 unspecified atom stereocenters. The van der Waals surface area contributed by atoms with Gasteiger partial charge in [0.1, 0.15) is 16.9 Å². The highest BCUT2D eigenvalue weighted by molar-refractivity contribution is 5.99. The van der Waals surface area contributed by atoms with E-state index in [1.165, 1.54) is 7.11 Å². The molecule has 1 aromatic carbocycles. The van der Waals surface area contributed by atoms with Gasteiger partial charge in [0.25, 0.3) is 5.91 Å². The molecule has 0 radical (unpaired) electrons. The van der Waals surface area contributed by atoms with Gasteiger partial charge in [-0.2, -0.15) is 0 Å². The van der Waals surface area contributed by atoms with Gasteiger partial charge in [-0.1, -0.05) is 27.7 Å². The minimum absolute atomic E-state index is 0.246. The Hall–Kier alpha value is -2.08. The normalized spacial score (nSPS) is 13.4. The van der Waals surface area contributed by atoms with E-state index in [2.05, 4.69) is 5.32 Å². The van der Waals surface area contributed by atoms with Crippen LogP contribution in [0.1, 0.15) is 58.3 Å². The second-order valence-electron chi connectivity index (χ2n) is 7.62. The second-order valence-corrected chi connectivity index (χ2v) is 7.62. The monoisotopic (exact) mass is 379 g/mol. The third-order valence-electron chi connectivity index (χ3n) is 3.96.